The molecule has 1 aliphatic rings. The quantitative estimate of drug-likeness (QED) is 0.105. The maximum absolute atomic E-state index is 13.7. The summed E-state index contributed by atoms with van der Waals surface area (Å²) in [6.07, 6.45) is 5.80. The summed E-state index contributed by atoms with van der Waals surface area (Å²) in [5.41, 5.74) is 7.01. The number of carbonyl (C=O) groups excluding carboxylic acids is 1. The number of hydrogen-bond donors (Lipinski definition) is 0. The summed E-state index contributed by atoms with van der Waals surface area (Å²) in [5.74, 6) is 2.48. The lowest BCUT2D eigenvalue weighted by Crippen LogP contribution is -2.47. The predicted octanol–water partition coefficient (Wildman–Crippen LogP) is 10.4. The second kappa shape index (κ2) is 19.6. The van der Waals surface area contributed by atoms with E-state index in [0.717, 1.165) is 54.1 Å². The molecule has 7 nitrogen and oxygen atoms in total. The molecule has 0 saturated carbocycles. The summed E-state index contributed by atoms with van der Waals surface area (Å²) >= 11 is 6.62. The molecule has 1 aromatic heterocycles. The SMILES string of the molecule is Cc1cc(F)cc(COc2ccc(Oc3c(C)cc(/C=C/C(=O)N4CCN(Cc5ccc(CCOc6ccc(C(C)C)cc6)cc5)CC4)cc3Cl)nc2)c1.Cl. The topological polar surface area (TPSA) is 64.1 Å². The Balaban J connectivity index is 0.00000580. The summed E-state index contributed by atoms with van der Waals surface area (Å²) in [6, 6.07) is 29.0. The third kappa shape index (κ3) is 12.0. The Morgan fingerprint density at radius 1 is 0.855 bits per heavy atom. The minimum atomic E-state index is -0.291. The molecule has 0 bridgehead atoms. The molecule has 1 amide bonds. The van der Waals surface area contributed by atoms with Gasteiger partial charge >= 0.3 is 0 Å². The Hall–Kier alpha value is -4.89. The summed E-state index contributed by atoms with van der Waals surface area (Å²) < 4.78 is 31.4. The van der Waals surface area contributed by atoms with E-state index in [0.29, 0.717) is 48.0 Å². The third-order valence-electron chi connectivity index (χ3n) is 9.41. The van der Waals surface area contributed by atoms with E-state index in [1.165, 1.54) is 28.8 Å². The van der Waals surface area contributed by atoms with Crippen LogP contribution in [0.2, 0.25) is 5.02 Å². The summed E-state index contributed by atoms with van der Waals surface area (Å²) in [5, 5.41) is 0.410. The molecule has 6 rings (SSSR count). The van der Waals surface area contributed by atoms with Gasteiger partial charge in [0.25, 0.3) is 0 Å². The number of aromatic nitrogens is 1. The molecular formula is C45H48Cl2FN3O4. The van der Waals surface area contributed by atoms with Crippen molar-refractivity contribution >= 4 is 36.0 Å². The van der Waals surface area contributed by atoms with Gasteiger partial charge < -0.3 is 19.1 Å². The molecule has 0 spiro atoms. The van der Waals surface area contributed by atoms with Gasteiger partial charge in [-0.05, 0) is 107 Å². The van der Waals surface area contributed by atoms with Crippen molar-refractivity contribution in [1.82, 2.24) is 14.8 Å². The number of nitrogens with zero attached hydrogens (tertiary/aromatic N) is 3. The first-order valence-electron chi connectivity index (χ1n) is 18.4. The zero-order chi connectivity index (χ0) is 38.0. The Kier molecular flexibility index (Phi) is 14.7. The molecule has 288 valence electrons. The number of amides is 1. The van der Waals surface area contributed by atoms with Crippen LogP contribution in [0.5, 0.6) is 23.1 Å². The number of carbonyl (C=O) groups is 1. The van der Waals surface area contributed by atoms with Crippen molar-refractivity contribution in [3.05, 3.63) is 153 Å². The molecule has 0 unspecified atom stereocenters. The fraction of sp³-hybridized carbons (Fsp3) is 0.289. The highest BCUT2D eigenvalue weighted by Crippen LogP contribution is 2.34. The minimum absolute atomic E-state index is 0. The number of rotatable bonds is 14. The van der Waals surface area contributed by atoms with Crippen molar-refractivity contribution in [2.75, 3.05) is 32.8 Å². The molecular weight excluding hydrogens is 736 g/mol. The molecule has 0 radical (unpaired) electrons. The fourth-order valence-electron chi connectivity index (χ4n) is 6.37. The number of benzene rings is 4. The number of pyridine rings is 1. The molecule has 4 aromatic carbocycles. The van der Waals surface area contributed by atoms with Crippen LogP contribution in [0.1, 0.15) is 58.7 Å². The average Bonchev–Trinajstić information content (AvgIpc) is 3.16. The molecule has 0 atom stereocenters. The van der Waals surface area contributed by atoms with Gasteiger partial charge in [-0.25, -0.2) is 9.37 Å². The highest BCUT2D eigenvalue weighted by Gasteiger charge is 2.20. The van der Waals surface area contributed by atoms with E-state index >= 15 is 0 Å². The van der Waals surface area contributed by atoms with Crippen LogP contribution >= 0.6 is 24.0 Å². The molecule has 1 fully saturated rings. The largest absolute Gasteiger partial charge is 0.493 e. The molecule has 2 heterocycles. The summed E-state index contributed by atoms with van der Waals surface area (Å²) in [4.78, 5) is 21.7. The van der Waals surface area contributed by atoms with E-state index in [4.69, 9.17) is 25.8 Å². The molecule has 0 N–H and O–H groups in total. The predicted molar refractivity (Wildman–Crippen MR) is 220 cm³/mol. The van der Waals surface area contributed by atoms with Gasteiger partial charge in [0.05, 0.1) is 17.8 Å². The van der Waals surface area contributed by atoms with E-state index in [2.05, 4.69) is 60.1 Å². The monoisotopic (exact) mass is 783 g/mol. The van der Waals surface area contributed by atoms with Gasteiger partial charge in [0, 0.05) is 51.3 Å². The van der Waals surface area contributed by atoms with Gasteiger partial charge in [0.1, 0.15) is 23.9 Å². The van der Waals surface area contributed by atoms with Crippen LogP contribution in [0, 0.1) is 19.7 Å². The van der Waals surface area contributed by atoms with Crippen molar-refractivity contribution in [1.29, 1.82) is 0 Å². The molecule has 10 heteroatoms. The smallest absolute Gasteiger partial charge is 0.246 e. The average molecular weight is 785 g/mol. The Labute approximate surface area is 335 Å². The normalized spacial score (nSPS) is 13.2. The van der Waals surface area contributed by atoms with Crippen LogP contribution < -0.4 is 14.2 Å². The second-order valence-electron chi connectivity index (χ2n) is 14.1. The van der Waals surface area contributed by atoms with Gasteiger partial charge in [0.15, 0.2) is 5.75 Å². The Morgan fingerprint density at radius 3 is 2.22 bits per heavy atom. The minimum Gasteiger partial charge on any atom is -0.493 e. The molecule has 0 aliphatic carbocycles. The lowest BCUT2D eigenvalue weighted by molar-refractivity contribution is -0.127. The lowest BCUT2D eigenvalue weighted by Gasteiger charge is -2.34. The van der Waals surface area contributed by atoms with Gasteiger partial charge in [-0.3, -0.25) is 9.69 Å². The first kappa shape index (κ1) is 41.3. The van der Waals surface area contributed by atoms with Gasteiger partial charge in [-0.2, -0.15) is 0 Å². The third-order valence-corrected chi connectivity index (χ3v) is 9.69. The van der Waals surface area contributed by atoms with E-state index in [9.17, 15) is 9.18 Å². The fourth-order valence-corrected chi connectivity index (χ4v) is 6.68. The van der Waals surface area contributed by atoms with Crippen LogP contribution in [-0.4, -0.2) is 53.5 Å². The van der Waals surface area contributed by atoms with E-state index in [-0.39, 0.29) is 30.7 Å². The van der Waals surface area contributed by atoms with Crippen molar-refractivity contribution in [3.63, 3.8) is 0 Å². The first-order valence-corrected chi connectivity index (χ1v) is 18.8. The van der Waals surface area contributed by atoms with Gasteiger partial charge in [-0.1, -0.05) is 67.9 Å². The zero-order valence-corrected chi connectivity index (χ0v) is 33.3. The van der Waals surface area contributed by atoms with Crippen molar-refractivity contribution in [2.45, 2.75) is 53.2 Å². The molecule has 55 heavy (non-hydrogen) atoms. The van der Waals surface area contributed by atoms with Crippen molar-refractivity contribution in [2.24, 2.45) is 0 Å². The highest BCUT2D eigenvalue weighted by molar-refractivity contribution is 6.32. The Morgan fingerprint density at radius 2 is 1.56 bits per heavy atom. The number of hydrogen-bond acceptors (Lipinski definition) is 6. The van der Waals surface area contributed by atoms with Crippen LogP contribution in [0.3, 0.4) is 0 Å². The number of halogens is 3. The van der Waals surface area contributed by atoms with Crippen LogP contribution in [-0.2, 0) is 24.4 Å². The Bertz CT molecular complexity index is 2000. The highest BCUT2D eigenvalue weighted by atomic mass is 35.5. The lowest BCUT2D eigenvalue weighted by atomic mass is 10.0. The number of piperazine rings is 1. The maximum Gasteiger partial charge on any atom is 0.246 e. The molecule has 1 aliphatic heterocycles. The van der Waals surface area contributed by atoms with Crippen molar-refractivity contribution in [3.8, 4) is 23.1 Å². The van der Waals surface area contributed by atoms with E-state index < -0.39 is 0 Å². The van der Waals surface area contributed by atoms with E-state index in [1.807, 2.05) is 43.0 Å². The van der Waals surface area contributed by atoms with Crippen LogP contribution in [0.4, 0.5) is 4.39 Å². The zero-order valence-electron chi connectivity index (χ0n) is 31.8. The number of aryl methyl sites for hydroxylation is 2. The van der Waals surface area contributed by atoms with Crippen molar-refractivity contribution < 1.29 is 23.4 Å². The second-order valence-corrected chi connectivity index (χ2v) is 14.5. The summed E-state index contributed by atoms with van der Waals surface area (Å²) in [6.45, 7) is 12.8. The standard InChI is InChI=1S/C45H47ClFN3O4.ClH/c1-31(2)38-10-12-40(13-11-38)52-22-17-34-5-7-35(8-6-34)29-49-18-20-50(21-19-49)44(51)16-9-36-25-33(4)45(42(46)27-36)54-43-15-14-41(28-48-43)53-30-37-23-32(3)24-39(47)26-37;/h5-16,23-28,31H,17-22,29-30H2,1-4H3;1H/b16-9+;. The van der Waals surface area contributed by atoms with Gasteiger partial charge in [-0.15, -0.1) is 12.4 Å². The number of ether oxygens (including phenoxy) is 3. The van der Waals surface area contributed by atoms with Gasteiger partial charge in [0.2, 0.25) is 11.8 Å². The molecule has 5 aromatic rings. The van der Waals surface area contributed by atoms with E-state index in [1.54, 1.807) is 36.5 Å². The first-order chi connectivity index (χ1) is 26.1. The maximum atomic E-state index is 13.7. The molecule has 1 saturated heterocycles. The van der Waals surface area contributed by atoms with Crippen LogP contribution in [0.15, 0.2) is 103 Å². The van der Waals surface area contributed by atoms with Crippen LogP contribution in [0.25, 0.3) is 6.08 Å². The summed E-state index contributed by atoms with van der Waals surface area (Å²) in [7, 11) is 0.